The Labute approximate surface area is 121 Å². The minimum absolute atomic E-state index is 0.219. The number of carbonyl (C=O) groups excluding carboxylic acids is 2. The summed E-state index contributed by atoms with van der Waals surface area (Å²) in [6, 6.07) is 3.44. The maximum absolute atomic E-state index is 11.9. The summed E-state index contributed by atoms with van der Waals surface area (Å²) in [7, 11) is 1.50. The van der Waals surface area contributed by atoms with Crippen molar-refractivity contribution in [2.45, 2.75) is 25.9 Å². The van der Waals surface area contributed by atoms with Crippen LogP contribution in [0.25, 0.3) is 0 Å². The van der Waals surface area contributed by atoms with E-state index in [0.717, 1.165) is 5.69 Å². The number of nitrogens with zero attached hydrogens (tertiary/aromatic N) is 2. The number of pyridine rings is 1. The quantitative estimate of drug-likeness (QED) is 0.673. The molecule has 0 spiro atoms. The van der Waals surface area contributed by atoms with Crippen LogP contribution in [0.4, 0.5) is 4.79 Å². The first kappa shape index (κ1) is 16.4. The molecule has 0 unspecified atom stereocenters. The van der Waals surface area contributed by atoms with Gasteiger partial charge in [-0.15, -0.1) is 0 Å². The first-order valence-corrected chi connectivity index (χ1v) is 6.25. The minimum atomic E-state index is -1.34. The van der Waals surface area contributed by atoms with Crippen molar-refractivity contribution in [3.05, 3.63) is 29.6 Å². The van der Waals surface area contributed by atoms with Crippen molar-refractivity contribution in [2.75, 3.05) is 7.05 Å². The number of carbonyl (C=O) groups is 3. The van der Waals surface area contributed by atoms with Gasteiger partial charge in [-0.05, 0) is 19.1 Å². The molecule has 1 atom stereocenters. The standard InChI is InChI=1S/C13H18N4O4/c1-8-4-3-5-9(15-8)7-17(2)13(21)16-10(12(19)20)6-11(14)18/h3-5,10H,6-7H2,1-2H3,(H2,14,18)(H,16,21)(H,19,20)/t10-/m0/s1. The fraction of sp³-hybridized carbons (Fsp3) is 0.385. The summed E-state index contributed by atoms with van der Waals surface area (Å²) in [6.07, 6.45) is -0.461. The van der Waals surface area contributed by atoms with E-state index in [2.05, 4.69) is 10.3 Å². The van der Waals surface area contributed by atoms with Gasteiger partial charge in [0.15, 0.2) is 0 Å². The number of aryl methyl sites for hydroxylation is 1. The van der Waals surface area contributed by atoms with Crippen LogP contribution in [0.1, 0.15) is 17.8 Å². The Hall–Kier alpha value is -2.64. The van der Waals surface area contributed by atoms with Crippen LogP contribution in [0, 0.1) is 6.92 Å². The van der Waals surface area contributed by atoms with Crippen molar-refractivity contribution >= 4 is 17.9 Å². The lowest BCUT2D eigenvalue weighted by atomic mass is 10.2. The van der Waals surface area contributed by atoms with Crippen LogP contribution < -0.4 is 11.1 Å². The number of rotatable bonds is 6. The predicted octanol–water partition coefficient (Wildman–Crippen LogP) is -0.140. The third kappa shape index (κ3) is 5.47. The van der Waals surface area contributed by atoms with E-state index in [9.17, 15) is 14.4 Å². The molecule has 1 aromatic heterocycles. The van der Waals surface area contributed by atoms with Crippen molar-refractivity contribution in [1.82, 2.24) is 15.2 Å². The van der Waals surface area contributed by atoms with Gasteiger partial charge in [-0.25, -0.2) is 9.59 Å². The van der Waals surface area contributed by atoms with E-state index in [-0.39, 0.29) is 6.54 Å². The highest BCUT2D eigenvalue weighted by Gasteiger charge is 2.23. The van der Waals surface area contributed by atoms with E-state index in [0.29, 0.717) is 5.69 Å². The molecule has 0 saturated carbocycles. The number of aromatic nitrogens is 1. The van der Waals surface area contributed by atoms with Crippen molar-refractivity contribution in [3.8, 4) is 0 Å². The Kier molecular flexibility index (Phi) is 5.65. The summed E-state index contributed by atoms with van der Waals surface area (Å²) in [6.45, 7) is 2.05. The highest BCUT2D eigenvalue weighted by molar-refractivity contribution is 5.87. The van der Waals surface area contributed by atoms with E-state index >= 15 is 0 Å². The Bertz CT molecular complexity index is 547. The lowest BCUT2D eigenvalue weighted by molar-refractivity contribution is -0.140. The maximum atomic E-state index is 11.9. The third-order valence-corrected chi connectivity index (χ3v) is 2.69. The van der Waals surface area contributed by atoms with E-state index in [4.69, 9.17) is 10.8 Å². The summed E-state index contributed by atoms with van der Waals surface area (Å²) in [5.41, 5.74) is 6.44. The molecule has 21 heavy (non-hydrogen) atoms. The van der Waals surface area contributed by atoms with Crippen LogP contribution >= 0.6 is 0 Å². The smallest absolute Gasteiger partial charge is 0.326 e. The molecule has 1 rings (SSSR count). The molecule has 0 aliphatic heterocycles. The van der Waals surface area contributed by atoms with Gasteiger partial charge in [0.05, 0.1) is 18.7 Å². The molecule has 0 saturated heterocycles. The number of hydrogen-bond acceptors (Lipinski definition) is 4. The van der Waals surface area contributed by atoms with Crippen LogP contribution in [0.3, 0.4) is 0 Å². The molecule has 0 aromatic carbocycles. The first-order chi connectivity index (χ1) is 9.79. The predicted molar refractivity (Wildman–Crippen MR) is 74.2 cm³/mol. The second kappa shape index (κ2) is 7.22. The fourth-order valence-corrected chi connectivity index (χ4v) is 1.66. The van der Waals surface area contributed by atoms with Gasteiger partial charge >= 0.3 is 12.0 Å². The normalized spacial score (nSPS) is 11.5. The first-order valence-electron chi connectivity index (χ1n) is 6.25. The molecule has 8 nitrogen and oxygen atoms in total. The van der Waals surface area contributed by atoms with Crippen LogP contribution in [0.15, 0.2) is 18.2 Å². The number of carboxylic acids is 1. The maximum Gasteiger partial charge on any atom is 0.326 e. The number of urea groups is 1. The van der Waals surface area contributed by atoms with Crippen LogP contribution in [0.2, 0.25) is 0 Å². The number of nitrogens with one attached hydrogen (secondary N) is 1. The van der Waals surface area contributed by atoms with Gasteiger partial charge < -0.3 is 21.1 Å². The zero-order valence-electron chi connectivity index (χ0n) is 11.9. The molecule has 114 valence electrons. The number of primary amides is 1. The van der Waals surface area contributed by atoms with Gasteiger partial charge in [0.25, 0.3) is 0 Å². The number of aliphatic carboxylic acids is 1. The molecule has 3 amide bonds. The topological polar surface area (TPSA) is 126 Å². The minimum Gasteiger partial charge on any atom is -0.480 e. The second-order valence-corrected chi connectivity index (χ2v) is 4.64. The second-order valence-electron chi connectivity index (χ2n) is 4.64. The van der Waals surface area contributed by atoms with Crippen molar-refractivity contribution in [3.63, 3.8) is 0 Å². The lowest BCUT2D eigenvalue weighted by Gasteiger charge is -2.20. The summed E-state index contributed by atoms with van der Waals surface area (Å²) in [4.78, 5) is 39.1. The Morgan fingerprint density at radius 2 is 2.10 bits per heavy atom. The van der Waals surface area contributed by atoms with Gasteiger partial charge in [0.2, 0.25) is 5.91 Å². The SMILES string of the molecule is Cc1cccc(CN(C)C(=O)N[C@@H](CC(N)=O)C(=O)O)n1. The van der Waals surface area contributed by atoms with Gasteiger partial charge in [-0.3, -0.25) is 9.78 Å². The molecule has 1 aromatic rings. The van der Waals surface area contributed by atoms with Gasteiger partial charge in [0, 0.05) is 12.7 Å². The van der Waals surface area contributed by atoms with Crippen molar-refractivity contribution < 1.29 is 19.5 Å². The molecule has 0 fully saturated rings. The van der Waals surface area contributed by atoms with Gasteiger partial charge in [-0.1, -0.05) is 6.07 Å². The number of nitrogens with two attached hydrogens (primary N) is 1. The Morgan fingerprint density at radius 3 is 2.62 bits per heavy atom. The molecule has 8 heteroatoms. The third-order valence-electron chi connectivity index (χ3n) is 2.69. The van der Waals surface area contributed by atoms with Gasteiger partial charge in [0.1, 0.15) is 6.04 Å². The van der Waals surface area contributed by atoms with Crippen molar-refractivity contribution in [2.24, 2.45) is 5.73 Å². The molecule has 1 heterocycles. The average molecular weight is 294 g/mol. The Balaban J connectivity index is 2.64. The molecule has 0 bridgehead atoms. The van der Waals surface area contributed by atoms with Gasteiger partial charge in [-0.2, -0.15) is 0 Å². The molecule has 4 N–H and O–H groups in total. The number of hydrogen-bond donors (Lipinski definition) is 3. The zero-order valence-corrected chi connectivity index (χ0v) is 11.9. The summed E-state index contributed by atoms with van der Waals surface area (Å²) >= 11 is 0. The highest BCUT2D eigenvalue weighted by Crippen LogP contribution is 2.03. The summed E-state index contributed by atoms with van der Waals surface area (Å²) < 4.78 is 0. The molecule has 0 aliphatic carbocycles. The highest BCUT2D eigenvalue weighted by atomic mass is 16.4. The number of amides is 3. The van der Waals surface area contributed by atoms with Crippen LogP contribution in [-0.4, -0.2) is 46.0 Å². The van der Waals surface area contributed by atoms with E-state index in [1.165, 1.54) is 11.9 Å². The summed E-state index contributed by atoms with van der Waals surface area (Å²) in [5, 5.41) is 11.2. The lowest BCUT2D eigenvalue weighted by Crippen LogP contribution is -2.48. The molecular formula is C13H18N4O4. The Morgan fingerprint density at radius 1 is 1.43 bits per heavy atom. The van der Waals surface area contributed by atoms with E-state index < -0.39 is 30.4 Å². The van der Waals surface area contributed by atoms with Crippen LogP contribution in [-0.2, 0) is 16.1 Å². The average Bonchev–Trinajstić information content (AvgIpc) is 2.37. The monoisotopic (exact) mass is 294 g/mol. The molecule has 0 aliphatic rings. The van der Waals surface area contributed by atoms with Crippen LogP contribution in [0.5, 0.6) is 0 Å². The summed E-state index contributed by atoms with van der Waals surface area (Å²) in [5.74, 6) is -2.12. The van der Waals surface area contributed by atoms with E-state index in [1.807, 2.05) is 19.1 Å². The zero-order chi connectivity index (χ0) is 16.0. The van der Waals surface area contributed by atoms with E-state index in [1.54, 1.807) is 6.07 Å². The molecular weight excluding hydrogens is 276 g/mol. The fourth-order valence-electron chi connectivity index (χ4n) is 1.66. The molecule has 0 radical (unpaired) electrons. The van der Waals surface area contributed by atoms with Crippen molar-refractivity contribution in [1.29, 1.82) is 0 Å². The largest absolute Gasteiger partial charge is 0.480 e. The number of carboxylic acid groups (broad SMARTS) is 1.